The average Bonchev–Trinajstić information content (AvgIpc) is 2.85. The maximum absolute atomic E-state index is 13.4. The highest BCUT2D eigenvalue weighted by atomic mass is 32.2. The van der Waals surface area contributed by atoms with Crippen molar-refractivity contribution in [1.29, 1.82) is 0 Å². The summed E-state index contributed by atoms with van der Waals surface area (Å²) in [6.45, 7) is 24.9. The third kappa shape index (κ3) is 14.2. The Morgan fingerprint density at radius 2 is 1.20 bits per heavy atom. The van der Waals surface area contributed by atoms with E-state index in [9.17, 15) is 24.0 Å². The van der Waals surface area contributed by atoms with Gasteiger partial charge in [-0.05, 0) is 42.9 Å². The fourth-order valence-corrected chi connectivity index (χ4v) is 6.14. The quantitative estimate of drug-likeness (QED) is 0.108. The van der Waals surface area contributed by atoms with Gasteiger partial charge in [-0.15, -0.1) is 0 Å². The van der Waals surface area contributed by atoms with E-state index in [-0.39, 0.29) is 41.2 Å². The van der Waals surface area contributed by atoms with Gasteiger partial charge in [0, 0.05) is 22.7 Å². The molecule has 0 saturated carbocycles. The molecule has 0 amide bonds. The third-order valence-corrected chi connectivity index (χ3v) is 9.67. The van der Waals surface area contributed by atoms with Crippen molar-refractivity contribution < 1.29 is 48.0 Å². The molecule has 45 heavy (non-hydrogen) atoms. The zero-order valence-corrected chi connectivity index (χ0v) is 30.8. The number of carbonyl (C=O) groups excluding carboxylic acids is 4. The summed E-state index contributed by atoms with van der Waals surface area (Å²) in [6, 6.07) is 0. The Morgan fingerprint density at radius 1 is 0.711 bits per heavy atom. The van der Waals surface area contributed by atoms with Crippen LogP contribution in [0.25, 0.3) is 0 Å². The normalized spacial score (nSPS) is 16.2. The second-order valence-corrected chi connectivity index (χ2v) is 17.7. The van der Waals surface area contributed by atoms with Gasteiger partial charge in [-0.3, -0.25) is 14.4 Å². The molecule has 0 aromatic heterocycles. The number of aliphatic carboxylic acids is 1. The molecule has 0 aliphatic heterocycles. The highest BCUT2D eigenvalue weighted by Crippen LogP contribution is 2.49. The minimum absolute atomic E-state index is 0.0472. The first-order valence-corrected chi connectivity index (χ1v) is 16.3. The number of rotatable bonds is 16. The van der Waals surface area contributed by atoms with Crippen LogP contribution in [0.5, 0.6) is 0 Å². The number of thioether (sulfide) groups is 1. The highest BCUT2D eigenvalue weighted by Gasteiger charge is 2.49. The first kappa shape index (κ1) is 42.4. The maximum atomic E-state index is 13.4. The van der Waals surface area contributed by atoms with Gasteiger partial charge in [-0.25, -0.2) is 9.59 Å². The summed E-state index contributed by atoms with van der Waals surface area (Å²) in [5, 5.41) is 8.83. The van der Waals surface area contributed by atoms with E-state index in [0.717, 1.165) is 6.08 Å². The van der Waals surface area contributed by atoms with Crippen LogP contribution in [0.2, 0.25) is 0 Å². The summed E-state index contributed by atoms with van der Waals surface area (Å²) in [6.07, 6.45) is 1.31. The molecule has 1 N–H and O–H groups in total. The molecular formula is C34H58O10S. The molecule has 10 nitrogen and oxygen atoms in total. The molecule has 0 rings (SSSR count). The molecule has 0 saturated heterocycles. The number of hydrogen-bond acceptors (Lipinski definition) is 10. The second-order valence-electron chi connectivity index (χ2n) is 15.9. The summed E-state index contributed by atoms with van der Waals surface area (Å²) in [4.78, 5) is 61.8. The molecule has 0 aliphatic rings. The topological polar surface area (TPSA) is 142 Å². The van der Waals surface area contributed by atoms with Gasteiger partial charge in [-0.1, -0.05) is 76.2 Å². The smallest absolute Gasteiger partial charge is 0.331 e. The predicted octanol–water partition coefficient (Wildman–Crippen LogP) is 6.63. The average molecular weight is 659 g/mol. The second kappa shape index (κ2) is 16.3. The van der Waals surface area contributed by atoms with Crippen molar-refractivity contribution in [2.24, 2.45) is 27.1 Å². The Kier molecular flexibility index (Phi) is 15.4. The van der Waals surface area contributed by atoms with Gasteiger partial charge in [0.2, 0.25) is 0 Å². The van der Waals surface area contributed by atoms with Crippen LogP contribution in [-0.4, -0.2) is 71.9 Å². The Hall–Kier alpha value is -2.56. The zero-order chi connectivity index (χ0) is 35.7. The largest absolute Gasteiger partial charge is 0.478 e. The standard InChI is InChI=1S/C34H58O10S/c1-29(2,3)21-33(12,30(4,5)6)28(40)43-20-23(44-26(38)16-15-24(35)36)19-42-25(37)17-18-45-32(10,11)22-34(13,27(39)41-14)31(7,8)9/h15-16,23H,17-22H2,1-14H3,(H,35,36)/b16-15-. The maximum Gasteiger partial charge on any atom is 0.331 e. The van der Waals surface area contributed by atoms with Gasteiger partial charge < -0.3 is 24.1 Å². The van der Waals surface area contributed by atoms with Crippen molar-refractivity contribution in [2.45, 2.75) is 120 Å². The van der Waals surface area contributed by atoms with E-state index >= 15 is 0 Å². The van der Waals surface area contributed by atoms with E-state index in [1.54, 1.807) is 0 Å². The molecule has 0 aliphatic carbocycles. The number of methoxy groups -OCH3 is 1. The predicted molar refractivity (Wildman–Crippen MR) is 176 cm³/mol. The van der Waals surface area contributed by atoms with E-state index in [1.807, 2.05) is 90.0 Å². The molecule has 0 bridgehead atoms. The van der Waals surface area contributed by atoms with Crippen LogP contribution in [0, 0.1) is 27.1 Å². The van der Waals surface area contributed by atoms with Crippen LogP contribution < -0.4 is 0 Å². The summed E-state index contributed by atoms with van der Waals surface area (Å²) >= 11 is 1.53. The van der Waals surface area contributed by atoms with E-state index in [0.29, 0.717) is 24.7 Å². The Balaban J connectivity index is 5.52. The first-order chi connectivity index (χ1) is 20.1. The van der Waals surface area contributed by atoms with Gasteiger partial charge in [0.05, 0.1) is 24.4 Å². The van der Waals surface area contributed by atoms with Crippen LogP contribution in [0.3, 0.4) is 0 Å². The van der Waals surface area contributed by atoms with Crippen LogP contribution in [-0.2, 0) is 42.9 Å². The molecule has 0 aromatic rings. The fraction of sp³-hybridized carbons (Fsp3) is 0.794. The van der Waals surface area contributed by atoms with Crippen molar-refractivity contribution in [3.8, 4) is 0 Å². The number of carboxylic acids is 1. The molecule has 3 atom stereocenters. The van der Waals surface area contributed by atoms with Crippen molar-refractivity contribution >= 4 is 41.6 Å². The minimum atomic E-state index is -1.33. The van der Waals surface area contributed by atoms with Gasteiger partial charge >= 0.3 is 29.8 Å². The molecule has 0 fully saturated rings. The zero-order valence-electron chi connectivity index (χ0n) is 30.0. The minimum Gasteiger partial charge on any atom is -0.478 e. The summed E-state index contributed by atoms with van der Waals surface area (Å²) in [5.41, 5.74) is -2.61. The lowest BCUT2D eigenvalue weighted by Crippen LogP contribution is -2.45. The van der Waals surface area contributed by atoms with E-state index < -0.39 is 46.2 Å². The number of carbonyl (C=O) groups is 5. The van der Waals surface area contributed by atoms with Crippen LogP contribution >= 0.6 is 11.8 Å². The lowest BCUT2D eigenvalue weighted by atomic mass is 9.61. The molecule has 0 heterocycles. The Labute approximate surface area is 274 Å². The molecular weight excluding hydrogens is 600 g/mol. The summed E-state index contributed by atoms with van der Waals surface area (Å²) < 4.78 is 21.1. The van der Waals surface area contributed by atoms with E-state index in [2.05, 4.69) is 0 Å². The van der Waals surface area contributed by atoms with Gasteiger partial charge in [0.15, 0.2) is 6.10 Å². The van der Waals surface area contributed by atoms with Crippen LogP contribution in [0.15, 0.2) is 12.2 Å². The summed E-state index contributed by atoms with van der Waals surface area (Å²) in [7, 11) is 1.38. The van der Waals surface area contributed by atoms with Crippen molar-refractivity contribution in [3.63, 3.8) is 0 Å². The number of ether oxygens (including phenoxy) is 4. The highest BCUT2D eigenvalue weighted by molar-refractivity contribution is 8.00. The van der Waals surface area contributed by atoms with Crippen LogP contribution in [0.1, 0.15) is 109 Å². The first-order valence-electron chi connectivity index (χ1n) is 15.3. The monoisotopic (exact) mass is 658 g/mol. The number of hydrogen-bond donors (Lipinski definition) is 1. The molecule has 3 unspecified atom stereocenters. The van der Waals surface area contributed by atoms with Gasteiger partial charge in [0.1, 0.15) is 13.2 Å². The molecule has 260 valence electrons. The van der Waals surface area contributed by atoms with E-state index in [1.165, 1.54) is 18.9 Å². The Morgan fingerprint density at radius 3 is 1.64 bits per heavy atom. The van der Waals surface area contributed by atoms with Gasteiger partial charge in [-0.2, -0.15) is 11.8 Å². The molecule has 0 aromatic carbocycles. The number of carboxylic acid groups (broad SMARTS) is 1. The molecule has 0 radical (unpaired) electrons. The van der Waals surface area contributed by atoms with Crippen molar-refractivity contribution in [2.75, 3.05) is 26.1 Å². The SMILES string of the molecule is COC(=O)C(C)(CC(C)(C)SCCC(=O)OCC(COC(=O)C(C)(CC(C)(C)C)C(C)(C)C)OC(=O)/C=C\C(=O)O)C(C)(C)C. The van der Waals surface area contributed by atoms with Crippen molar-refractivity contribution in [1.82, 2.24) is 0 Å². The van der Waals surface area contributed by atoms with E-state index in [4.69, 9.17) is 24.1 Å². The lowest BCUT2D eigenvalue weighted by Gasteiger charge is -2.43. The third-order valence-electron chi connectivity index (χ3n) is 8.33. The van der Waals surface area contributed by atoms with Crippen molar-refractivity contribution in [3.05, 3.63) is 12.2 Å². The lowest BCUT2D eigenvalue weighted by molar-refractivity contribution is -0.174. The van der Waals surface area contributed by atoms with Crippen LogP contribution in [0.4, 0.5) is 0 Å². The number of esters is 4. The molecule has 11 heteroatoms. The Bertz CT molecular complexity index is 1070. The van der Waals surface area contributed by atoms with Gasteiger partial charge in [0.25, 0.3) is 0 Å². The summed E-state index contributed by atoms with van der Waals surface area (Å²) in [5.74, 6) is -3.22. The molecule has 0 spiro atoms. The fourth-order valence-electron chi connectivity index (χ4n) is 4.93.